The summed E-state index contributed by atoms with van der Waals surface area (Å²) < 4.78 is 0. The Morgan fingerprint density at radius 1 is 1.04 bits per heavy atom. The molecule has 24 heavy (non-hydrogen) atoms. The second kappa shape index (κ2) is 12.5. The maximum atomic E-state index is 12.7. The Bertz CT molecular complexity index is 364. The van der Waals surface area contributed by atoms with Crippen LogP contribution >= 0.6 is 0 Å². The third-order valence-electron chi connectivity index (χ3n) is 5.22. The molecular formula is C19H37BN2O2. The van der Waals surface area contributed by atoms with E-state index in [0.717, 1.165) is 19.3 Å². The highest BCUT2D eigenvalue weighted by Crippen LogP contribution is 2.33. The lowest BCUT2D eigenvalue weighted by Gasteiger charge is -2.23. The van der Waals surface area contributed by atoms with Crippen LogP contribution in [0.1, 0.15) is 84.5 Å². The van der Waals surface area contributed by atoms with Crippen molar-refractivity contribution in [2.75, 3.05) is 13.1 Å². The predicted octanol–water partition coefficient (Wildman–Crippen LogP) is 3.06. The number of unbranched alkanes of at least 4 members (excludes halogenated alkanes) is 6. The first-order chi connectivity index (χ1) is 11.7. The second-order valence-electron chi connectivity index (χ2n) is 7.19. The summed E-state index contributed by atoms with van der Waals surface area (Å²) in [7, 11) is 1.99. The summed E-state index contributed by atoms with van der Waals surface area (Å²) >= 11 is 0. The number of rotatable bonds is 14. The standard InChI is InChI=1S/C19H37BN2O2/c1-3-5-7-9-11-16(12-10-8-6-4-2)17-13-18(23)22(19(17)24)15-21-14-20/h16-17,21H,3-15,20H2,1-2H3. The van der Waals surface area contributed by atoms with Gasteiger partial charge in [0, 0.05) is 6.42 Å². The molecule has 0 saturated carbocycles. The molecule has 0 aromatic carbocycles. The van der Waals surface area contributed by atoms with Crippen molar-refractivity contribution in [2.45, 2.75) is 84.5 Å². The number of nitrogens with zero attached hydrogens (tertiary/aromatic N) is 1. The van der Waals surface area contributed by atoms with Gasteiger partial charge in [0.1, 0.15) is 7.85 Å². The molecule has 0 aromatic rings. The van der Waals surface area contributed by atoms with E-state index >= 15 is 0 Å². The zero-order valence-electron chi connectivity index (χ0n) is 16.1. The normalized spacial score (nSPS) is 18.1. The summed E-state index contributed by atoms with van der Waals surface area (Å²) in [5.41, 5.74) is 0. The fraction of sp³-hybridized carbons (Fsp3) is 0.895. The molecule has 0 radical (unpaired) electrons. The molecule has 5 heteroatoms. The van der Waals surface area contributed by atoms with Gasteiger partial charge in [-0.05, 0) is 25.2 Å². The van der Waals surface area contributed by atoms with Crippen LogP contribution in [0.25, 0.3) is 0 Å². The summed E-state index contributed by atoms with van der Waals surface area (Å²) in [6, 6.07) is 0. The highest BCUT2D eigenvalue weighted by Gasteiger charge is 2.41. The van der Waals surface area contributed by atoms with E-state index < -0.39 is 0 Å². The molecule has 0 bridgehead atoms. The number of carbonyl (C=O) groups excluding carboxylic acids is 2. The number of likely N-dealkylation sites (tertiary alicyclic amines) is 1. The van der Waals surface area contributed by atoms with Gasteiger partial charge in [-0.3, -0.25) is 14.5 Å². The number of hydrogen-bond acceptors (Lipinski definition) is 3. The van der Waals surface area contributed by atoms with E-state index in [9.17, 15) is 9.59 Å². The lowest BCUT2D eigenvalue weighted by molar-refractivity contribution is -0.140. The SMILES string of the molecule is BCNCN1C(=O)CC(C(CCCCCC)CCCCCC)C1=O. The van der Waals surface area contributed by atoms with Gasteiger partial charge in [0.2, 0.25) is 11.8 Å². The van der Waals surface area contributed by atoms with Gasteiger partial charge in [-0.1, -0.05) is 65.2 Å². The molecule has 1 fully saturated rings. The van der Waals surface area contributed by atoms with Crippen molar-refractivity contribution < 1.29 is 9.59 Å². The van der Waals surface area contributed by atoms with E-state index in [1.165, 1.54) is 56.3 Å². The van der Waals surface area contributed by atoms with Crippen LogP contribution in [-0.4, -0.2) is 37.7 Å². The van der Waals surface area contributed by atoms with E-state index in [0.29, 0.717) is 19.0 Å². The van der Waals surface area contributed by atoms with Crippen molar-refractivity contribution in [1.82, 2.24) is 10.2 Å². The lowest BCUT2D eigenvalue weighted by Crippen LogP contribution is -2.40. The number of amides is 2. The van der Waals surface area contributed by atoms with Gasteiger partial charge in [-0.25, -0.2) is 0 Å². The van der Waals surface area contributed by atoms with E-state index in [1.54, 1.807) is 0 Å². The van der Waals surface area contributed by atoms with Gasteiger partial charge < -0.3 is 5.32 Å². The summed E-state index contributed by atoms with van der Waals surface area (Å²) in [5, 5.41) is 3.11. The fourth-order valence-electron chi connectivity index (χ4n) is 3.68. The van der Waals surface area contributed by atoms with Gasteiger partial charge >= 0.3 is 0 Å². The number of carbonyl (C=O) groups is 2. The van der Waals surface area contributed by atoms with Gasteiger partial charge in [-0.15, -0.1) is 0 Å². The molecule has 1 unspecified atom stereocenters. The molecule has 1 rings (SSSR count). The number of hydrogen-bond donors (Lipinski definition) is 1. The summed E-state index contributed by atoms with van der Waals surface area (Å²) in [6.45, 7) is 4.82. The molecule has 1 aliphatic rings. The Labute approximate surface area is 149 Å². The first-order valence-electron chi connectivity index (χ1n) is 10.2. The van der Waals surface area contributed by atoms with E-state index in [-0.39, 0.29) is 17.7 Å². The maximum absolute atomic E-state index is 12.7. The van der Waals surface area contributed by atoms with Crippen molar-refractivity contribution in [2.24, 2.45) is 11.8 Å². The van der Waals surface area contributed by atoms with Crippen LogP contribution < -0.4 is 5.32 Å². The molecule has 4 nitrogen and oxygen atoms in total. The van der Waals surface area contributed by atoms with Crippen molar-refractivity contribution in [3.8, 4) is 0 Å². The minimum atomic E-state index is -0.0700. The summed E-state index contributed by atoms with van der Waals surface area (Å²) in [4.78, 5) is 26.4. The Kier molecular flexibility index (Phi) is 11.1. The van der Waals surface area contributed by atoms with Crippen LogP contribution in [0.2, 0.25) is 0 Å². The smallest absolute Gasteiger partial charge is 0.234 e. The molecule has 0 spiro atoms. The molecule has 1 heterocycles. The van der Waals surface area contributed by atoms with Crippen molar-refractivity contribution in [1.29, 1.82) is 0 Å². The second-order valence-corrected chi connectivity index (χ2v) is 7.19. The molecule has 2 amide bonds. The zero-order chi connectivity index (χ0) is 17.8. The van der Waals surface area contributed by atoms with Crippen LogP contribution in [0.5, 0.6) is 0 Å². The van der Waals surface area contributed by atoms with E-state index in [4.69, 9.17) is 0 Å². The quantitative estimate of drug-likeness (QED) is 0.301. The Morgan fingerprint density at radius 3 is 2.12 bits per heavy atom. The molecule has 1 N–H and O–H groups in total. The first kappa shape index (κ1) is 21.2. The highest BCUT2D eigenvalue weighted by atomic mass is 16.2. The lowest BCUT2D eigenvalue weighted by atomic mass is 9.82. The average Bonchev–Trinajstić information content (AvgIpc) is 2.86. The van der Waals surface area contributed by atoms with Crippen LogP contribution in [0.15, 0.2) is 0 Å². The van der Waals surface area contributed by atoms with Crippen molar-refractivity contribution in [3.05, 3.63) is 0 Å². The molecular weight excluding hydrogens is 299 g/mol. The topological polar surface area (TPSA) is 49.4 Å². The zero-order valence-corrected chi connectivity index (χ0v) is 16.1. The first-order valence-corrected chi connectivity index (χ1v) is 10.2. The Hall–Kier alpha value is -0.835. The van der Waals surface area contributed by atoms with Crippen LogP contribution in [0.4, 0.5) is 0 Å². The predicted molar refractivity (Wildman–Crippen MR) is 102 cm³/mol. The Balaban J connectivity index is 2.59. The molecule has 0 aromatic heterocycles. The number of imide groups is 1. The molecule has 138 valence electrons. The Morgan fingerprint density at radius 2 is 1.62 bits per heavy atom. The van der Waals surface area contributed by atoms with Gasteiger partial charge in [0.05, 0.1) is 12.6 Å². The van der Waals surface area contributed by atoms with E-state index in [2.05, 4.69) is 19.2 Å². The number of nitrogens with one attached hydrogen (secondary N) is 1. The third-order valence-corrected chi connectivity index (χ3v) is 5.22. The third kappa shape index (κ3) is 6.96. The van der Waals surface area contributed by atoms with Crippen molar-refractivity contribution in [3.63, 3.8) is 0 Å². The summed E-state index contributed by atoms with van der Waals surface area (Å²) in [6.07, 6.45) is 13.3. The molecule has 1 aliphatic heterocycles. The largest absolute Gasteiger partial charge is 0.308 e. The van der Waals surface area contributed by atoms with Gasteiger partial charge in [0.25, 0.3) is 0 Å². The minimum absolute atomic E-state index is 0.0121. The van der Waals surface area contributed by atoms with Crippen LogP contribution in [-0.2, 0) is 9.59 Å². The molecule has 0 aliphatic carbocycles. The average molecular weight is 336 g/mol. The monoisotopic (exact) mass is 336 g/mol. The van der Waals surface area contributed by atoms with E-state index in [1.807, 2.05) is 7.85 Å². The fourth-order valence-corrected chi connectivity index (χ4v) is 3.68. The molecule has 1 saturated heterocycles. The molecule has 1 atom stereocenters. The van der Waals surface area contributed by atoms with Crippen molar-refractivity contribution >= 4 is 19.7 Å². The van der Waals surface area contributed by atoms with Gasteiger partial charge in [0.15, 0.2) is 0 Å². The van der Waals surface area contributed by atoms with Gasteiger partial charge in [-0.2, -0.15) is 0 Å². The summed E-state index contributed by atoms with van der Waals surface area (Å²) in [5.74, 6) is 0.399. The van der Waals surface area contributed by atoms with Crippen LogP contribution in [0.3, 0.4) is 0 Å². The highest BCUT2D eigenvalue weighted by molar-refractivity contribution is 6.08. The minimum Gasteiger partial charge on any atom is -0.308 e. The maximum Gasteiger partial charge on any atom is 0.234 e. The van der Waals surface area contributed by atoms with Crippen LogP contribution in [0, 0.1) is 11.8 Å².